The van der Waals surface area contributed by atoms with Crippen molar-refractivity contribution in [3.63, 3.8) is 0 Å². The number of carbonyl (C=O) groups is 1. The fourth-order valence-corrected chi connectivity index (χ4v) is 2.39. The SMILES string of the molecule is CC1=C(C)N2C(=O)[C@H]([C@@H](C)O)[C@H]2C1. The summed E-state index contributed by atoms with van der Waals surface area (Å²) in [4.78, 5) is 13.4. The minimum Gasteiger partial charge on any atom is -0.393 e. The average Bonchev–Trinajstić information content (AvgIpc) is 2.24. The summed E-state index contributed by atoms with van der Waals surface area (Å²) in [6.07, 6.45) is 0.431. The van der Waals surface area contributed by atoms with Crippen LogP contribution < -0.4 is 0 Å². The van der Waals surface area contributed by atoms with E-state index in [0.29, 0.717) is 0 Å². The minimum atomic E-state index is -0.507. The van der Waals surface area contributed by atoms with Crippen LogP contribution in [0.5, 0.6) is 0 Å². The van der Waals surface area contributed by atoms with Crippen LogP contribution in [0.25, 0.3) is 0 Å². The Kier molecular flexibility index (Phi) is 1.74. The molecular weight excluding hydrogens is 166 g/mol. The predicted octanol–water partition coefficient (Wildman–Crippen LogP) is 0.892. The summed E-state index contributed by atoms with van der Waals surface area (Å²) in [5.41, 5.74) is 2.37. The third kappa shape index (κ3) is 0.967. The van der Waals surface area contributed by atoms with Crippen molar-refractivity contribution in [2.24, 2.45) is 5.92 Å². The second kappa shape index (κ2) is 2.58. The second-order valence-electron chi connectivity index (χ2n) is 4.11. The van der Waals surface area contributed by atoms with E-state index in [-0.39, 0.29) is 17.9 Å². The smallest absolute Gasteiger partial charge is 0.234 e. The van der Waals surface area contributed by atoms with Crippen LogP contribution >= 0.6 is 0 Å². The maximum atomic E-state index is 11.6. The quantitative estimate of drug-likeness (QED) is 0.610. The Bertz CT molecular complexity index is 293. The number of rotatable bonds is 1. The van der Waals surface area contributed by atoms with Gasteiger partial charge in [0.05, 0.1) is 18.1 Å². The van der Waals surface area contributed by atoms with Gasteiger partial charge in [0.25, 0.3) is 0 Å². The summed E-state index contributed by atoms with van der Waals surface area (Å²) in [6.45, 7) is 5.73. The zero-order valence-corrected chi connectivity index (χ0v) is 8.24. The fourth-order valence-electron chi connectivity index (χ4n) is 2.39. The lowest BCUT2D eigenvalue weighted by Crippen LogP contribution is -2.60. The van der Waals surface area contributed by atoms with Gasteiger partial charge in [0.1, 0.15) is 0 Å². The molecule has 2 heterocycles. The highest BCUT2D eigenvalue weighted by Gasteiger charge is 2.53. The average molecular weight is 181 g/mol. The minimum absolute atomic E-state index is 0.0920. The van der Waals surface area contributed by atoms with Gasteiger partial charge in [-0.3, -0.25) is 4.79 Å². The number of β-lactam (4-membered cyclic amide) rings is 1. The maximum Gasteiger partial charge on any atom is 0.234 e. The van der Waals surface area contributed by atoms with Gasteiger partial charge in [0.2, 0.25) is 5.91 Å². The Balaban J connectivity index is 2.20. The lowest BCUT2D eigenvalue weighted by atomic mass is 9.83. The molecule has 3 heteroatoms. The highest BCUT2D eigenvalue weighted by atomic mass is 16.3. The molecule has 3 nitrogen and oxygen atoms in total. The molecule has 1 fully saturated rings. The van der Waals surface area contributed by atoms with Crippen molar-refractivity contribution >= 4 is 5.91 Å². The van der Waals surface area contributed by atoms with E-state index >= 15 is 0 Å². The van der Waals surface area contributed by atoms with Gasteiger partial charge in [-0.1, -0.05) is 5.57 Å². The van der Waals surface area contributed by atoms with Gasteiger partial charge >= 0.3 is 0 Å². The molecule has 0 aliphatic carbocycles. The molecule has 3 atom stereocenters. The van der Waals surface area contributed by atoms with Crippen molar-refractivity contribution in [3.8, 4) is 0 Å². The summed E-state index contributed by atoms with van der Waals surface area (Å²) >= 11 is 0. The molecule has 0 spiro atoms. The van der Waals surface area contributed by atoms with Crippen molar-refractivity contribution in [1.82, 2.24) is 4.90 Å². The molecule has 0 radical (unpaired) electrons. The summed E-state index contributed by atoms with van der Waals surface area (Å²) in [5, 5.41) is 9.40. The zero-order valence-electron chi connectivity index (χ0n) is 8.24. The molecule has 0 aromatic heterocycles. The predicted molar refractivity (Wildman–Crippen MR) is 48.8 cm³/mol. The molecule has 0 unspecified atom stereocenters. The Morgan fingerprint density at radius 3 is 2.69 bits per heavy atom. The zero-order chi connectivity index (χ0) is 9.75. The van der Waals surface area contributed by atoms with Crippen LogP contribution in [0.15, 0.2) is 11.3 Å². The molecule has 2 aliphatic heterocycles. The summed E-state index contributed by atoms with van der Waals surface area (Å²) in [5.74, 6) is -0.0678. The Labute approximate surface area is 78.0 Å². The number of fused-ring (bicyclic) bond motifs is 1. The van der Waals surface area contributed by atoms with Gasteiger partial charge in [0, 0.05) is 5.70 Å². The number of hydrogen-bond acceptors (Lipinski definition) is 2. The molecule has 1 N–H and O–H groups in total. The fraction of sp³-hybridized carbons (Fsp3) is 0.700. The van der Waals surface area contributed by atoms with Crippen LogP contribution in [0.2, 0.25) is 0 Å². The van der Waals surface area contributed by atoms with E-state index in [4.69, 9.17) is 0 Å². The number of nitrogens with zero attached hydrogens (tertiary/aromatic N) is 1. The molecule has 2 aliphatic rings. The standard InChI is InChI=1S/C10H15NO2/c1-5-4-8-9(7(3)12)10(13)11(8)6(5)2/h7-9,12H,4H2,1-3H3/t7-,8-,9-/m1/s1. The molecule has 2 rings (SSSR count). The molecule has 0 aromatic carbocycles. The lowest BCUT2D eigenvalue weighted by molar-refractivity contribution is -0.157. The first-order valence-corrected chi connectivity index (χ1v) is 4.71. The van der Waals surface area contributed by atoms with Crippen molar-refractivity contribution in [1.29, 1.82) is 0 Å². The summed E-state index contributed by atoms with van der Waals surface area (Å²) in [7, 11) is 0. The number of carbonyl (C=O) groups excluding carboxylic acids is 1. The lowest BCUT2D eigenvalue weighted by Gasteiger charge is -2.45. The van der Waals surface area contributed by atoms with Crippen molar-refractivity contribution < 1.29 is 9.90 Å². The van der Waals surface area contributed by atoms with Gasteiger partial charge < -0.3 is 10.0 Å². The largest absolute Gasteiger partial charge is 0.393 e. The van der Waals surface area contributed by atoms with Crippen molar-refractivity contribution in [3.05, 3.63) is 11.3 Å². The number of amides is 1. The number of hydrogen-bond donors (Lipinski definition) is 1. The van der Waals surface area contributed by atoms with Gasteiger partial charge in [-0.05, 0) is 27.2 Å². The summed E-state index contributed by atoms with van der Waals surface area (Å²) < 4.78 is 0. The summed E-state index contributed by atoms with van der Waals surface area (Å²) in [6, 6.07) is 0.243. The molecule has 0 saturated carbocycles. The van der Waals surface area contributed by atoms with Crippen LogP contribution in [-0.2, 0) is 4.79 Å². The van der Waals surface area contributed by atoms with E-state index < -0.39 is 6.10 Å². The van der Waals surface area contributed by atoms with E-state index in [1.807, 2.05) is 11.8 Å². The van der Waals surface area contributed by atoms with Crippen LogP contribution in [0.4, 0.5) is 0 Å². The van der Waals surface area contributed by atoms with E-state index in [1.165, 1.54) is 5.57 Å². The molecule has 1 saturated heterocycles. The first-order chi connectivity index (χ1) is 6.04. The maximum absolute atomic E-state index is 11.6. The monoisotopic (exact) mass is 181 g/mol. The third-order valence-corrected chi connectivity index (χ3v) is 3.28. The van der Waals surface area contributed by atoms with Crippen molar-refractivity contribution in [2.75, 3.05) is 0 Å². The molecule has 72 valence electrons. The van der Waals surface area contributed by atoms with Gasteiger partial charge in [-0.2, -0.15) is 0 Å². The van der Waals surface area contributed by atoms with E-state index in [9.17, 15) is 9.90 Å². The van der Waals surface area contributed by atoms with Gasteiger partial charge in [-0.25, -0.2) is 0 Å². The first-order valence-electron chi connectivity index (χ1n) is 4.71. The number of aliphatic hydroxyl groups is 1. The van der Waals surface area contributed by atoms with Crippen molar-refractivity contribution in [2.45, 2.75) is 39.3 Å². The van der Waals surface area contributed by atoms with Crippen LogP contribution in [0, 0.1) is 5.92 Å². The normalized spacial score (nSPS) is 34.8. The molecule has 13 heavy (non-hydrogen) atoms. The van der Waals surface area contributed by atoms with Gasteiger partial charge in [-0.15, -0.1) is 0 Å². The van der Waals surface area contributed by atoms with Crippen LogP contribution in [0.1, 0.15) is 27.2 Å². The third-order valence-electron chi connectivity index (χ3n) is 3.28. The van der Waals surface area contributed by atoms with E-state index in [0.717, 1.165) is 12.1 Å². The molecule has 0 bridgehead atoms. The van der Waals surface area contributed by atoms with Crippen LogP contribution in [-0.4, -0.2) is 28.1 Å². The van der Waals surface area contributed by atoms with Gasteiger partial charge in [0.15, 0.2) is 0 Å². The first kappa shape index (κ1) is 8.75. The second-order valence-corrected chi connectivity index (χ2v) is 4.11. The highest BCUT2D eigenvalue weighted by Crippen LogP contribution is 2.42. The molecule has 1 amide bonds. The number of allylic oxidation sites excluding steroid dienone is 1. The highest BCUT2D eigenvalue weighted by molar-refractivity contribution is 5.89. The topological polar surface area (TPSA) is 40.5 Å². The van der Waals surface area contributed by atoms with E-state index in [2.05, 4.69) is 6.92 Å². The Morgan fingerprint density at radius 2 is 2.15 bits per heavy atom. The van der Waals surface area contributed by atoms with Crippen LogP contribution in [0.3, 0.4) is 0 Å². The number of aliphatic hydroxyl groups excluding tert-OH is 1. The molecular formula is C10H15NO2. The van der Waals surface area contributed by atoms with E-state index in [1.54, 1.807) is 6.92 Å². The molecule has 0 aromatic rings. The Hall–Kier alpha value is -0.830. The Morgan fingerprint density at radius 1 is 1.54 bits per heavy atom.